The quantitative estimate of drug-likeness (QED) is 0.220. The summed E-state index contributed by atoms with van der Waals surface area (Å²) in [6.07, 6.45) is 8.46. The molecule has 4 aromatic rings. The molecule has 12 nitrogen and oxygen atoms in total. The molecule has 2 aromatic heterocycles. The van der Waals surface area contributed by atoms with Gasteiger partial charge in [0.1, 0.15) is 16.8 Å². The molecule has 0 unspecified atom stereocenters. The maximum Gasteiger partial charge on any atom is 0.270 e. The van der Waals surface area contributed by atoms with Crippen molar-refractivity contribution in [3.63, 3.8) is 0 Å². The van der Waals surface area contributed by atoms with E-state index < -0.39 is 22.5 Å². The molecular weight excluding hydrogens is 715 g/mol. The number of aromatic nitrogens is 3. The average Bonchev–Trinajstić information content (AvgIpc) is 4.06. The molecule has 4 heterocycles. The molecule has 3 fully saturated rings. The van der Waals surface area contributed by atoms with E-state index in [0.717, 1.165) is 37.9 Å². The first-order valence-electron chi connectivity index (χ1n) is 17.7. The predicted octanol–water partition coefficient (Wildman–Crippen LogP) is 5.79. The molecule has 2 aliphatic heterocycles. The largest absolute Gasteiger partial charge is 0.343 e. The Morgan fingerprint density at radius 2 is 1.60 bits per heavy atom. The first-order valence-corrected chi connectivity index (χ1v) is 18.5. The summed E-state index contributed by atoms with van der Waals surface area (Å²) in [5.41, 5.74) is -0.310. The van der Waals surface area contributed by atoms with Crippen LogP contribution in [0.15, 0.2) is 67.0 Å². The van der Waals surface area contributed by atoms with E-state index in [2.05, 4.69) is 26.7 Å². The number of imidazole rings is 1. The Hall–Kier alpha value is -5.25. The number of nitriles is 1. The molecule has 1 saturated heterocycles. The Kier molecular flexibility index (Phi) is 8.54. The maximum atomic E-state index is 14.4. The second-order valence-electron chi connectivity index (χ2n) is 14.7. The number of rotatable bonds is 9. The number of amides is 4. The van der Waals surface area contributed by atoms with Crippen LogP contribution in [0.5, 0.6) is 0 Å². The summed E-state index contributed by atoms with van der Waals surface area (Å²) in [7, 11) is 0. The molecule has 2 N–H and O–H groups in total. The molecule has 0 spiro atoms. The van der Waals surface area contributed by atoms with E-state index in [4.69, 9.17) is 23.2 Å². The van der Waals surface area contributed by atoms with Gasteiger partial charge >= 0.3 is 0 Å². The normalized spacial score (nSPS) is 20.7. The lowest BCUT2D eigenvalue weighted by Crippen LogP contribution is -2.52. The summed E-state index contributed by atoms with van der Waals surface area (Å²) < 4.78 is 1.60. The monoisotopic (exact) mass is 750 g/mol. The lowest BCUT2D eigenvalue weighted by Gasteiger charge is -2.28. The van der Waals surface area contributed by atoms with Crippen LogP contribution in [0.25, 0.3) is 0 Å². The van der Waals surface area contributed by atoms with Crippen LogP contribution in [-0.2, 0) is 27.1 Å². The molecule has 8 rings (SSSR count). The van der Waals surface area contributed by atoms with E-state index in [1.165, 1.54) is 11.1 Å². The fourth-order valence-electron chi connectivity index (χ4n) is 7.55. The Bertz CT molecular complexity index is 2200. The van der Waals surface area contributed by atoms with Crippen LogP contribution in [0.4, 0.5) is 11.6 Å². The van der Waals surface area contributed by atoms with Crippen molar-refractivity contribution >= 4 is 58.5 Å². The maximum absolute atomic E-state index is 14.4. The number of hydrogen-bond donors (Lipinski definition) is 2. The number of likely N-dealkylation sites (tertiary alicyclic amines) is 1. The van der Waals surface area contributed by atoms with Gasteiger partial charge in [-0.25, -0.2) is 9.88 Å². The van der Waals surface area contributed by atoms with E-state index in [-0.39, 0.29) is 35.8 Å². The molecule has 2 saturated carbocycles. The van der Waals surface area contributed by atoms with E-state index in [0.29, 0.717) is 58.2 Å². The highest BCUT2D eigenvalue weighted by Crippen LogP contribution is 2.48. The van der Waals surface area contributed by atoms with Crippen molar-refractivity contribution in [1.29, 1.82) is 5.26 Å². The van der Waals surface area contributed by atoms with E-state index in [1.807, 2.05) is 4.90 Å². The van der Waals surface area contributed by atoms with Gasteiger partial charge in [0, 0.05) is 41.3 Å². The van der Waals surface area contributed by atoms with Crippen LogP contribution < -0.4 is 15.5 Å². The minimum Gasteiger partial charge on any atom is -0.343 e. The van der Waals surface area contributed by atoms with Gasteiger partial charge in [0.15, 0.2) is 0 Å². The highest BCUT2D eigenvalue weighted by atomic mass is 35.5. The molecule has 4 amide bonds. The molecule has 4 aliphatic rings. The zero-order chi connectivity index (χ0) is 37.1. The van der Waals surface area contributed by atoms with Crippen LogP contribution in [0, 0.1) is 11.3 Å². The Morgan fingerprint density at radius 1 is 0.906 bits per heavy atom. The van der Waals surface area contributed by atoms with Crippen molar-refractivity contribution in [3.8, 4) is 6.07 Å². The third-order valence-electron chi connectivity index (χ3n) is 10.9. The highest BCUT2D eigenvalue weighted by molar-refractivity contribution is 6.35. The van der Waals surface area contributed by atoms with Crippen molar-refractivity contribution in [3.05, 3.63) is 105 Å². The number of piperidine rings is 1. The van der Waals surface area contributed by atoms with Crippen LogP contribution in [-0.4, -0.2) is 61.7 Å². The van der Waals surface area contributed by atoms with Gasteiger partial charge in [0.05, 0.1) is 34.7 Å². The summed E-state index contributed by atoms with van der Waals surface area (Å²) in [6, 6.07) is 17.3. The Balaban J connectivity index is 1.06. The SMILES string of the molecule is C[C@@]1(Cc2ccc(C#N)cc2)C(=O)N(c2cc(Cl)cc(Cl)c2)c2ncc(C(=O)NC3(C(=O)NC4(c5cc(C(=O)N6CCCCC6)ccn5)CC4)CC3)n21. The lowest BCUT2D eigenvalue weighted by atomic mass is 9.91. The molecule has 270 valence electrons. The van der Waals surface area contributed by atoms with Gasteiger partial charge in [0.25, 0.3) is 17.7 Å². The summed E-state index contributed by atoms with van der Waals surface area (Å²) in [6.45, 7) is 3.20. The van der Waals surface area contributed by atoms with Gasteiger partial charge in [-0.1, -0.05) is 35.3 Å². The Morgan fingerprint density at radius 3 is 2.25 bits per heavy atom. The van der Waals surface area contributed by atoms with Crippen molar-refractivity contribution in [2.45, 2.75) is 74.9 Å². The number of carbonyl (C=O) groups is 4. The molecule has 0 bridgehead atoms. The molecule has 1 atom stereocenters. The standard InChI is InChI=1S/C39H36Cl2N8O4/c1-37(21-24-5-7-25(22-42)8-6-24)35(53)48(29-19-27(40)18-28(41)20-29)36-44-23-30(49(36)37)32(50)45-39(12-13-39)34(52)46-38(10-11-38)31-17-26(9-14-43-31)33(51)47-15-3-2-4-16-47/h5-9,14,17-20,23H,2-4,10-13,15-16,21H2,1H3,(H,45,50)(H,46,52)/t37-/m1/s1. The molecule has 2 aromatic carbocycles. The molecule has 14 heteroatoms. The van der Waals surface area contributed by atoms with Gasteiger partial charge in [0.2, 0.25) is 11.9 Å². The van der Waals surface area contributed by atoms with Crippen LogP contribution in [0.2, 0.25) is 10.0 Å². The number of pyridine rings is 1. The number of benzene rings is 2. The second-order valence-corrected chi connectivity index (χ2v) is 15.5. The van der Waals surface area contributed by atoms with Gasteiger partial charge in [-0.15, -0.1) is 0 Å². The van der Waals surface area contributed by atoms with Gasteiger partial charge in [-0.3, -0.25) is 28.7 Å². The third kappa shape index (κ3) is 6.21. The summed E-state index contributed by atoms with van der Waals surface area (Å²) in [5.74, 6) is -1.08. The number of nitrogens with zero attached hydrogens (tertiary/aromatic N) is 6. The number of halogens is 2. The third-order valence-corrected chi connectivity index (χ3v) is 11.3. The molecule has 0 radical (unpaired) electrons. The predicted molar refractivity (Wildman–Crippen MR) is 197 cm³/mol. The first-order chi connectivity index (χ1) is 25.4. The molecule has 53 heavy (non-hydrogen) atoms. The zero-order valence-electron chi connectivity index (χ0n) is 29.0. The molecular formula is C39H36Cl2N8O4. The minimum atomic E-state index is -1.33. The van der Waals surface area contributed by atoms with Crippen LogP contribution in [0.3, 0.4) is 0 Å². The summed E-state index contributed by atoms with van der Waals surface area (Å²) in [4.78, 5) is 68.2. The van der Waals surface area contributed by atoms with Crippen LogP contribution >= 0.6 is 23.2 Å². The second kappa shape index (κ2) is 13.0. The van der Waals surface area contributed by atoms with Crippen molar-refractivity contribution in [2.24, 2.45) is 0 Å². The number of fused-ring (bicyclic) bond motifs is 1. The topological polar surface area (TPSA) is 153 Å². The van der Waals surface area contributed by atoms with Gasteiger partial charge in [-0.05, 0) is 99.9 Å². The smallest absolute Gasteiger partial charge is 0.270 e. The average molecular weight is 752 g/mol. The number of nitrogens with one attached hydrogen (secondary N) is 2. The highest BCUT2D eigenvalue weighted by Gasteiger charge is 2.57. The van der Waals surface area contributed by atoms with Gasteiger partial charge in [-0.2, -0.15) is 5.26 Å². The Labute approximate surface area is 316 Å². The summed E-state index contributed by atoms with van der Waals surface area (Å²) >= 11 is 12.7. The molecule has 2 aliphatic carbocycles. The van der Waals surface area contributed by atoms with Gasteiger partial charge < -0.3 is 15.5 Å². The fourth-order valence-corrected chi connectivity index (χ4v) is 8.07. The van der Waals surface area contributed by atoms with Crippen LogP contribution in [0.1, 0.15) is 89.5 Å². The van der Waals surface area contributed by atoms with E-state index in [9.17, 15) is 24.4 Å². The number of hydrogen-bond acceptors (Lipinski definition) is 7. The van der Waals surface area contributed by atoms with Crippen molar-refractivity contribution < 1.29 is 19.2 Å². The van der Waals surface area contributed by atoms with Crippen molar-refractivity contribution in [2.75, 3.05) is 18.0 Å². The zero-order valence-corrected chi connectivity index (χ0v) is 30.5. The number of anilines is 2. The fraction of sp³-hybridized carbons (Fsp3) is 0.359. The van der Waals surface area contributed by atoms with E-state index >= 15 is 0 Å². The summed E-state index contributed by atoms with van der Waals surface area (Å²) in [5, 5.41) is 16.1. The number of carbonyl (C=O) groups excluding carboxylic acids is 4. The first kappa shape index (κ1) is 34.8. The minimum absolute atomic E-state index is 0.0311. The van der Waals surface area contributed by atoms with E-state index in [1.54, 1.807) is 72.3 Å². The lowest BCUT2D eigenvalue weighted by molar-refractivity contribution is -0.125. The van der Waals surface area contributed by atoms with Crippen molar-refractivity contribution in [1.82, 2.24) is 30.1 Å².